The third kappa shape index (κ3) is 4.56. The van der Waals surface area contributed by atoms with Gasteiger partial charge in [0.2, 0.25) is 0 Å². The van der Waals surface area contributed by atoms with Crippen LogP contribution >= 0.6 is 15.9 Å². The second kappa shape index (κ2) is 9.79. The fraction of sp³-hybridized carbons (Fsp3) is 0.0741. The highest BCUT2D eigenvalue weighted by Crippen LogP contribution is 2.32. The summed E-state index contributed by atoms with van der Waals surface area (Å²) in [6.07, 6.45) is 3.83. The molecule has 0 saturated carbocycles. The summed E-state index contributed by atoms with van der Waals surface area (Å²) in [5, 5.41) is 4.15. The molecule has 0 spiro atoms. The number of H-pyrrole nitrogens is 1. The second-order valence-electron chi connectivity index (χ2n) is 7.28. The number of ether oxygens (including phenoxy) is 2. The standard InChI is InChI=1S/C27H23BrN2O3/c1-18-25(27(31)30(29-18)22-9-5-4-6-10-22)23(19-12-15-21(28)16-13-19)17-14-20-8-7-11-24(32-2)26(20)33-3/h4-17,29H,1H2,2-3H3/b17-14+,25-23-. The number of methoxy groups -OCH3 is 2. The van der Waals surface area contributed by atoms with Gasteiger partial charge in [-0.1, -0.05) is 77.1 Å². The molecule has 0 radical (unpaired) electrons. The largest absolute Gasteiger partial charge is 0.493 e. The van der Waals surface area contributed by atoms with Gasteiger partial charge in [-0.3, -0.25) is 9.89 Å². The van der Waals surface area contributed by atoms with Crippen molar-refractivity contribution in [3.63, 3.8) is 0 Å². The molecule has 0 aliphatic carbocycles. The van der Waals surface area contributed by atoms with Crippen LogP contribution < -0.4 is 25.6 Å². The maximum Gasteiger partial charge on any atom is 0.279 e. The smallest absolute Gasteiger partial charge is 0.279 e. The van der Waals surface area contributed by atoms with E-state index in [0.29, 0.717) is 22.1 Å². The topological polar surface area (TPSA) is 56.2 Å². The van der Waals surface area contributed by atoms with Crippen molar-refractivity contribution in [1.29, 1.82) is 0 Å². The van der Waals surface area contributed by atoms with E-state index in [4.69, 9.17) is 9.47 Å². The summed E-state index contributed by atoms with van der Waals surface area (Å²) < 4.78 is 13.4. The molecule has 0 atom stereocenters. The van der Waals surface area contributed by atoms with Crippen LogP contribution in [0.1, 0.15) is 11.1 Å². The molecule has 0 aliphatic rings. The minimum absolute atomic E-state index is 0.175. The Bertz CT molecular complexity index is 1470. The van der Waals surface area contributed by atoms with Gasteiger partial charge in [0, 0.05) is 10.0 Å². The highest BCUT2D eigenvalue weighted by molar-refractivity contribution is 9.10. The van der Waals surface area contributed by atoms with Gasteiger partial charge in [0.1, 0.15) is 0 Å². The summed E-state index contributed by atoms with van der Waals surface area (Å²) in [6, 6.07) is 22.9. The normalized spacial score (nSPS) is 12.1. The highest BCUT2D eigenvalue weighted by atomic mass is 79.9. The molecule has 4 rings (SSSR count). The van der Waals surface area contributed by atoms with Crippen molar-refractivity contribution in [1.82, 2.24) is 9.78 Å². The summed E-state index contributed by atoms with van der Waals surface area (Å²) in [4.78, 5) is 13.5. The average molecular weight is 503 g/mol. The maximum absolute atomic E-state index is 13.5. The van der Waals surface area contributed by atoms with Gasteiger partial charge in [-0.25, -0.2) is 4.68 Å². The number of aromatic nitrogens is 2. The molecule has 0 bridgehead atoms. The van der Waals surface area contributed by atoms with Crippen LogP contribution in [0.4, 0.5) is 0 Å². The number of para-hydroxylation sites is 2. The Hall–Kier alpha value is -3.77. The molecular formula is C27H23BrN2O3. The Morgan fingerprint density at radius 2 is 1.70 bits per heavy atom. The van der Waals surface area contributed by atoms with E-state index in [1.54, 1.807) is 14.2 Å². The first-order chi connectivity index (χ1) is 16.0. The lowest BCUT2D eigenvalue weighted by Crippen LogP contribution is -2.36. The zero-order valence-corrected chi connectivity index (χ0v) is 19.9. The summed E-state index contributed by atoms with van der Waals surface area (Å²) in [6.45, 7) is 4.12. The van der Waals surface area contributed by atoms with Crippen molar-refractivity contribution in [3.05, 3.63) is 115 Å². The van der Waals surface area contributed by atoms with Crippen LogP contribution in [0, 0.1) is 0 Å². The highest BCUT2D eigenvalue weighted by Gasteiger charge is 2.11. The van der Waals surface area contributed by atoms with Gasteiger partial charge in [-0.2, -0.15) is 0 Å². The van der Waals surface area contributed by atoms with Crippen molar-refractivity contribution < 1.29 is 9.47 Å². The molecule has 0 aliphatic heterocycles. The van der Waals surface area contributed by atoms with E-state index >= 15 is 0 Å². The summed E-state index contributed by atoms with van der Waals surface area (Å²) >= 11 is 3.48. The molecular weight excluding hydrogens is 480 g/mol. The van der Waals surface area contributed by atoms with Gasteiger partial charge in [0.15, 0.2) is 11.5 Å². The third-order valence-electron chi connectivity index (χ3n) is 5.27. The molecule has 6 heteroatoms. The lowest BCUT2D eigenvalue weighted by molar-refractivity contribution is 0.354. The molecule has 33 heavy (non-hydrogen) atoms. The van der Waals surface area contributed by atoms with E-state index in [0.717, 1.165) is 26.9 Å². The van der Waals surface area contributed by atoms with Gasteiger partial charge < -0.3 is 9.47 Å². The number of nitrogens with one attached hydrogen (secondary N) is 1. The van der Waals surface area contributed by atoms with E-state index < -0.39 is 0 Å². The summed E-state index contributed by atoms with van der Waals surface area (Å²) in [5.41, 5.74) is 3.03. The van der Waals surface area contributed by atoms with Gasteiger partial charge in [0.25, 0.3) is 5.56 Å². The van der Waals surface area contributed by atoms with Crippen LogP contribution in [0.15, 0.2) is 88.1 Å². The van der Waals surface area contributed by atoms with Crippen molar-refractivity contribution in [3.8, 4) is 17.2 Å². The molecule has 0 unspecified atom stereocenters. The number of hydrogen-bond donors (Lipinski definition) is 1. The Kier molecular flexibility index (Phi) is 6.66. The van der Waals surface area contributed by atoms with E-state index in [2.05, 4.69) is 27.6 Å². The first-order valence-corrected chi connectivity index (χ1v) is 11.1. The zero-order chi connectivity index (χ0) is 23.4. The van der Waals surface area contributed by atoms with Crippen molar-refractivity contribution >= 4 is 34.2 Å². The average Bonchev–Trinajstić information content (AvgIpc) is 3.14. The minimum Gasteiger partial charge on any atom is -0.493 e. The molecule has 0 saturated heterocycles. The van der Waals surface area contributed by atoms with Crippen LogP contribution in [0.3, 0.4) is 0 Å². The quantitative estimate of drug-likeness (QED) is 0.428. The van der Waals surface area contributed by atoms with Crippen LogP contribution in [0.5, 0.6) is 11.5 Å². The zero-order valence-electron chi connectivity index (χ0n) is 18.3. The first-order valence-electron chi connectivity index (χ1n) is 10.3. The van der Waals surface area contributed by atoms with Gasteiger partial charge in [0.05, 0.1) is 30.5 Å². The molecule has 1 N–H and O–H groups in total. The fourth-order valence-corrected chi connectivity index (χ4v) is 3.95. The van der Waals surface area contributed by atoms with E-state index in [9.17, 15) is 4.79 Å². The van der Waals surface area contributed by atoms with Gasteiger partial charge in [-0.15, -0.1) is 0 Å². The Balaban J connectivity index is 1.98. The van der Waals surface area contributed by atoms with E-state index in [1.165, 1.54) is 4.68 Å². The number of aromatic amines is 1. The summed E-state index contributed by atoms with van der Waals surface area (Å²) in [5.74, 6) is 1.26. The van der Waals surface area contributed by atoms with Crippen LogP contribution in [0.2, 0.25) is 0 Å². The van der Waals surface area contributed by atoms with E-state index in [1.807, 2.05) is 84.9 Å². The predicted octanol–water partition coefficient (Wildman–Crippen LogP) is 4.27. The van der Waals surface area contributed by atoms with Gasteiger partial charge >= 0.3 is 0 Å². The number of nitrogens with zero attached hydrogens (tertiary/aromatic N) is 1. The molecule has 0 amide bonds. The lowest BCUT2D eigenvalue weighted by atomic mass is 10.0. The monoisotopic (exact) mass is 502 g/mol. The number of benzene rings is 3. The Morgan fingerprint density at radius 1 is 0.970 bits per heavy atom. The number of rotatable bonds is 6. The third-order valence-corrected chi connectivity index (χ3v) is 5.80. The molecule has 5 nitrogen and oxygen atoms in total. The minimum atomic E-state index is -0.175. The molecule has 4 aromatic rings. The second-order valence-corrected chi connectivity index (χ2v) is 8.19. The van der Waals surface area contributed by atoms with Crippen LogP contribution in [-0.2, 0) is 0 Å². The number of allylic oxidation sites excluding steroid dienone is 1. The fourth-order valence-electron chi connectivity index (χ4n) is 3.69. The molecule has 166 valence electrons. The number of hydrogen-bond acceptors (Lipinski definition) is 3. The van der Waals surface area contributed by atoms with Crippen molar-refractivity contribution in [2.24, 2.45) is 0 Å². The SMILES string of the molecule is C=c1[nH]n(-c2ccccc2)c(=O)/c1=C(/C=C/c1cccc(OC)c1OC)c1ccc(Br)cc1. The van der Waals surface area contributed by atoms with Gasteiger partial charge in [-0.05, 0) is 41.5 Å². The molecule has 1 heterocycles. The first kappa shape index (κ1) is 22.4. The van der Waals surface area contributed by atoms with Crippen molar-refractivity contribution in [2.45, 2.75) is 0 Å². The summed E-state index contributed by atoms with van der Waals surface area (Å²) in [7, 11) is 3.21. The molecule has 1 aromatic heterocycles. The lowest BCUT2D eigenvalue weighted by Gasteiger charge is -2.10. The Morgan fingerprint density at radius 3 is 2.36 bits per heavy atom. The molecule has 0 fully saturated rings. The van der Waals surface area contributed by atoms with Crippen LogP contribution in [0.25, 0.3) is 23.9 Å². The van der Waals surface area contributed by atoms with E-state index in [-0.39, 0.29) is 5.56 Å². The number of halogens is 1. The predicted molar refractivity (Wildman–Crippen MR) is 136 cm³/mol. The van der Waals surface area contributed by atoms with Crippen molar-refractivity contribution in [2.75, 3.05) is 14.2 Å². The molecule has 3 aromatic carbocycles. The van der Waals surface area contributed by atoms with Crippen LogP contribution in [-0.4, -0.2) is 24.0 Å². The Labute approximate surface area is 200 Å². The maximum atomic E-state index is 13.5.